The number of alkyl halides is 1. The highest BCUT2D eigenvalue weighted by molar-refractivity contribution is 9.11. The number of hydrogen-bond donors (Lipinski definition) is 0. The predicted molar refractivity (Wildman–Crippen MR) is 71.6 cm³/mol. The topological polar surface area (TPSA) is 26.0 Å². The molecule has 84 valence electrons. The SMILES string of the molecule is CC(Cl)c1ncc(-c2ccc(Br)cc2Br)o1. The monoisotopic (exact) mass is 363 g/mol. The molecule has 0 bridgehead atoms. The number of halogens is 3. The van der Waals surface area contributed by atoms with E-state index in [0.717, 1.165) is 14.5 Å². The molecule has 0 saturated heterocycles. The Labute approximate surface area is 115 Å². The summed E-state index contributed by atoms with van der Waals surface area (Å²) in [6.07, 6.45) is 1.68. The van der Waals surface area contributed by atoms with E-state index in [1.165, 1.54) is 0 Å². The van der Waals surface area contributed by atoms with E-state index in [-0.39, 0.29) is 5.38 Å². The first-order valence-corrected chi connectivity index (χ1v) is 6.65. The maximum Gasteiger partial charge on any atom is 0.212 e. The molecule has 0 aliphatic rings. The maximum absolute atomic E-state index is 5.89. The van der Waals surface area contributed by atoms with E-state index in [1.807, 2.05) is 25.1 Å². The largest absolute Gasteiger partial charge is 0.439 e. The second-order valence-corrected chi connectivity index (χ2v) is 5.73. The van der Waals surface area contributed by atoms with Crippen LogP contribution in [0.25, 0.3) is 11.3 Å². The van der Waals surface area contributed by atoms with Gasteiger partial charge in [0.05, 0.1) is 6.20 Å². The Kier molecular flexibility index (Phi) is 3.72. The van der Waals surface area contributed by atoms with Gasteiger partial charge in [0.15, 0.2) is 5.76 Å². The molecule has 0 amide bonds. The fourth-order valence-electron chi connectivity index (χ4n) is 1.29. The molecule has 0 fully saturated rings. The van der Waals surface area contributed by atoms with Gasteiger partial charge in [-0.2, -0.15) is 0 Å². The van der Waals surface area contributed by atoms with Crippen molar-refractivity contribution in [1.29, 1.82) is 0 Å². The summed E-state index contributed by atoms with van der Waals surface area (Å²) in [5.41, 5.74) is 0.958. The molecule has 5 heteroatoms. The van der Waals surface area contributed by atoms with Gasteiger partial charge in [-0.25, -0.2) is 4.98 Å². The lowest BCUT2D eigenvalue weighted by molar-refractivity contribution is 0.508. The van der Waals surface area contributed by atoms with E-state index in [2.05, 4.69) is 36.8 Å². The van der Waals surface area contributed by atoms with Gasteiger partial charge in [0, 0.05) is 14.5 Å². The van der Waals surface area contributed by atoms with Crippen molar-refractivity contribution in [2.75, 3.05) is 0 Å². The molecular formula is C11H8Br2ClNO. The summed E-state index contributed by atoms with van der Waals surface area (Å²) in [6, 6.07) is 5.87. The molecule has 16 heavy (non-hydrogen) atoms. The highest BCUT2D eigenvalue weighted by Crippen LogP contribution is 2.32. The molecule has 0 N–H and O–H groups in total. The van der Waals surface area contributed by atoms with Crippen molar-refractivity contribution in [2.45, 2.75) is 12.3 Å². The van der Waals surface area contributed by atoms with Gasteiger partial charge in [0.2, 0.25) is 5.89 Å². The Morgan fingerprint density at radius 3 is 2.69 bits per heavy atom. The van der Waals surface area contributed by atoms with Crippen LogP contribution in [0, 0.1) is 0 Å². The molecule has 0 aliphatic carbocycles. The Morgan fingerprint density at radius 1 is 1.38 bits per heavy atom. The molecule has 2 rings (SSSR count). The number of oxazole rings is 1. The van der Waals surface area contributed by atoms with E-state index >= 15 is 0 Å². The Morgan fingerprint density at radius 2 is 2.12 bits per heavy atom. The van der Waals surface area contributed by atoms with E-state index in [1.54, 1.807) is 6.20 Å². The minimum absolute atomic E-state index is 0.219. The number of hydrogen-bond acceptors (Lipinski definition) is 2. The van der Waals surface area contributed by atoms with E-state index in [4.69, 9.17) is 16.0 Å². The zero-order valence-electron chi connectivity index (χ0n) is 8.38. The zero-order valence-corrected chi connectivity index (χ0v) is 12.3. The number of rotatable bonds is 2. The quantitative estimate of drug-likeness (QED) is 0.687. The third-order valence-electron chi connectivity index (χ3n) is 2.06. The summed E-state index contributed by atoms with van der Waals surface area (Å²) in [5.74, 6) is 1.24. The summed E-state index contributed by atoms with van der Waals surface area (Å²) in [7, 11) is 0. The Balaban J connectivity index is 2.42. The number of aromatic nitrogens is 1. The molecular weight excluding hydrogens is 357 g/mol. The molecule has 1 aromatic heterocycles. The molecule has 1 aromatic carbocycles. The van der Waals surface area contributed by atoms with Gasteiger partial charge in [0.1, 0.15) is 5.38 Å². The van der Waals surface area contributed by atoms with E-state index in [9.17, 15) is 0 Å². The first-order chi connectivity index (χ1) is 7.58. The molecule has 0 aliphatic heterocycles. The van der Waals surface area contributed by atoms with Crippen molar-refractivity contribution in [2.24, 2.45) is 0 Å². The van der Waals surface area contributed by atoms with Crippen LogP contribution in [0.4, 0.5) is 0 Å². The van der Waals surface area contributed by atoms with Crippen LogP contribution in [0.1, 0.15) is 18.2 Å². The van der Waals surface area contributed by atoms with Gasteiger partial charge >= 0.3 is 0 Å². The van der Waals surface area contributed by atoms with E-state index < -0.39 is 0 Å². The van der Waals surface area contributed by atoms with Crippen LogP contribution < -0.4 is 0 Å². The second-order valence-electron chi connectivity index (χ2n) is 3.30. The molecule has 0 spiro atoms. The minimum Gasteiger partial charge on any atom is -0.439 e. The van der Waals surface area contributed by atoms with Crippen LogP contribution in [0.5, 0.6) is 0 Å². The van der Waals surface area contributed by atoms with Crippen molar-refractivity contribution in [3.8, 4) is 11.3 Å². The van der Waals surface area contributed by atoms with Crippen molar-refractivity contribution in [3.05, 3.63) is 39.2 Å². The van der Waals surface area contributed by atoms with Crippen LogP contribution in [0.2, 0.25) is 0 Å². The molecule has 1 heterocycles. The van der Waals surface area contributed by atoms with Gasteiger partial charge in [-0.05, 0) is 41.1 Å². The van der Waals surface area contributed by atoms with Gasteiger partial charge in [0.25, 0.3) is 0 Å². The lowest BCUT2D eigenvalue weighted by Gasteiger charge is -2.01. The number of nitrogens with zero attached hydrogens (tertiary/aromatic N) is 1. The molecule has 2 nitrogen and oxygen atoms in total. The molecule has 1 unspecified atom stereocenters. The van der Waals surface area contributed by atoms with Gasteiger partial charge < -0.3 is 4.42 Å². The molecule has 1 atom stereocenters. The third kappa shape index (κ3) is 2.50. The van der Waals surface area contributed by atoms with Crippen molar-refractivity contribution in [3.63, 3.8) is 0 Å². The lowest BCUT2D eigenvalue weighted by atomic mass is 10.2. The van der Waals surface area contributed by atoms with Gasteiger partial charge in [-0.15, -0.1) is 11.6 Å². The van der Waals surface area contributed by atoms with Crippen LogP contribution in [0.15, 0.2) is 37.8 Å². The summed E-state index contributed by atoms with van der Waals surface area (Å²) >= 11 is 12.8. The predicted octanol–water partition coefficient (Wildman–Crippen LogP) is 5.17. The zero-order chi connectivity index (χ0) is 11.7. The lowest BCUT2D eigenvalue weighted by Crippen LogP contribution is -1.81. The second kappa shape index (κ2) is 4.90. The van der Waals surface area contributed by atoms with Gasteiger partial charge in [-0.1, -0.05) is 15.9 Å². The van der Waals surface area contributed by atoms with E-state index in [0.29, 0.717) is 11.7 Å². The highest BCUT2D eigenvalue weighted by atomic mass is 79.9. The summed E-state index contributed by atoms with van der Waals surface area (Å²) in [6.45, 7) is 1.83. The summed E-state index contributed by atoms with van der Waals surface area (Å²) < 4.78 is 7.52. The molecule has 0 radical (unpaired) electrons. The summed E-state index contributed by atoms with van der Waals surface area (Å²) in [4.78, 5) is 4.12. The van der Waals surface area contributed by atoms with Crippen LogP contribution in [-0.4, -0.2) is 4.98 Å². The van der Waals surface area contributed by atoms with Crippen molar-refractivity contribution < 1.29 is 4.42 Å². The average molecular weight is 365 g/mol. The first kappa shape index (κ1) is 12.1. The average Bonchev–Trinajstić information content (AvgIpc) is 2.66. The fraction of sp³-hybridized carbons (Fsp3) is 0.182. The van der Waals surface area contributed by atoms with Gasteiger partial charge in [-0.3, -0.25) is 0 Å². The maximum atomic E-state index is 5.89. The first-order valence-electron chi connectivity index (χ1n) is 4.63. The van der Waals surface area contributed by atoms with Crippen molar-refractivity contribution in [1.82, 2.24) is 4.98 Å². The Hall–Kier alpha value is -0.320. The normalized spacial score (nSPS) is 12.8. The summed E-state index contributed by atoms with van der Waals surface area (Å²) in [5, 5.41) is -0.219. The fourth-order valence-corrected chi connectivity index (χ4v) is 2.63. The van der Waals surface area contributed by atoms with Crippen LogP contribution in [-0.2, 0) is 0 Å². The molecule has 0 saturated carbocycles. The third-order valence-corrected chi connectivity index (χ3v) is 3.40. The van der Waals surface area contributed by atoms with Crippen LogP contribution in [0.3, 0.4) is 0 Å². The smallest absolute Gasteiger partial charge is 0.212 e. The van der Waals surface area contributed by atoms with Crippen LogP contribution >= 0.6 is 43.5 Å². The molecule has 2 aromatic rings. The Bertz CT molecular complexity index is 510. The standard InChI is InChI=1S/C11H8Br2ClNO/c1-6(14)11-15-5-10(16-11)8-3-2-7(12)4-9(8)13/h2-6H,1H3. The highest BCUT2D eigenvalue weighted by Gasteiger charge is 2.12. The van der Waals surface area contributed by atoms with Crippen molar-refractivity contribution >= 4 is 43.5 Å². The number of benzene rings is 1. The minimum atomic E-state index is -0.219.